The van der Waals surface area contributed by atoms with Gasteiger partial charge >= 0.3 is 6.09 Å². The summed E-state index contributed by atoms with van der Waals surface area (Å²) < 4.78 is 5.10. The summed E-state index contributed by atoms with van der Waals surface area (Å²) in [5.74, 6) is -1.17. The average Bonchev–Trinajstić information content (AvgIpc) is 2.68. The van der Waals surface area contributed by atoms with Crippen LogP contribution in [0.1, 0.15) is 53.2 Å². The zero-order chi connectivity index (χ0) is 21.3. The molecule has 29 heavy (non-hydrogen) atoms. The van der Waals surface area contributed by atoms with E-state index in [0.29, 0.717) is 22.3 Å². The summed E-state index contributed by atoms with van der Waals surface area (Å²) in [5.41, 5.74) is 1.37. The number of hydrogen-bond acceptors (Lipinski definition) is 6. The van der Waals surface area contributed by atoms with Gasteiger partial charge in [-0.3, -0.25) is 9.59 Å². The van der Waals surface area contributed by atoms with Crippen LogP contribution in [0.4, 0.5) is 4.79 Å². The van der Waals surface area contributed by atoms with Gasteiger partial charge in [0.05, 0.1) is 0 Å². The van der Waals surface area contributed by atoms with Crippen molar-refractivity contribution in [2.75, 3.05) is 6.54 Å². The van der Waals surface area contributed by atoms with E-state index in [1.54, 1.807) is 51.1 Å². The number of Topliss-reactive ketones (excluding diaryl/α,β-unsaturated/α-hetero) is 2. The van der Waals surface area contributed by atoms with Crippen LogP contribution in [0.15, 0.2) is 42.5 Å². The fourth-order valence-corrected chi connectivity index (χ4v) is 3.16. The largest absolute Gasteiger partial charge is 0.444 e. The zero-order valence-electron chi connectivity index (χ0n) is 16.4. The van der Waals surface area contributed by atoms with Crippen LogP contribution in [-0.2, 0) is 4.74 Å². The number of fused-ring (bicyclic) bond motifs is 3. The quantitative estimate of drug-likeness (QED) is 0.684. The zero-order valence-corrected chi connectivity index (χ0v) is 16.4. The number of aliphatic hydroxyl groups excluding tert-OH is 2. The highest BCUT2D eigenvalue weighted by Gasteiger charge is 2.31. The Bertz CT molecular complexity index is 976. The summed E-state index contributed by atoms with van der Waals surface area (Å²) in [6.45, 7) is 4.93. The fourth-order valence-electron chi connectivity index (χ4n) is 3.16. The maximum Gasteiger partial charge on any atom is 0.407 e. The molecule has 0 saturated carbocycles. The van der Waals surface area contributed by atoms with E-state index < -0.39 is 35.5 Å². The van der Waals surface area contributed by atoms with Crippen LogP contribution < -0.4 is 5.32 Å². The molecule has 2 aromatic carbocycles. The first-order valence-corrected chi connectivity index (χ1v) is 9.24. The minimum absolute atomic E-state index is 0.221. The SMILES string of the molecule is CC(C)(C)OC(=O)NCC(O)C(O)c1ccc2c(c1)-c1ccccc1C(=O)C2=O. The van der Waals surface area contributed by atoms with Gasteiger partial charge in [0, 0.05) is 17.7 Å². The van der Waals surface area contributed by atoms with Crippen LogP contribution in [0, 0.1) is 0 Å². The number of hydrogen-bond donors (Lipinski definition) is 3. The molecule has 0 aliphatic heterocycles. The number of rotatable bonds is 4. The summed E-state index contributed by atoms with van der Waals surface area (Å²) in [6, 6.07) is 11.3. The van der Waals surface area contributed by atoms with Crippen molar-refractivity contribution in [2.45, 2.75) is 38.6 Å². The molecule has 0 radical (unpaired) electrons. The number of ether oxygens (including phenoxy) is 1. The summed E-state index contributed by atoms with van der Waals surface area (Å²) in [4.78, 5) is 36.3. The summed E-state index contributed by atoms with van der Waals surface area (Å²) in [5, 5.41) is 23.2. The van der Waals surface area contributed by atoms with Gasteiger partial charge < -0.3 is 20.3 Å². The second-order valence-electron chi connectivity index (χ2n) is 7.90. The van der Waals surface area contributed by atoms with Crippen LogP contribution in [0.5, 0.6) is 0 Å². The fraction of sp³-hybridized carbons (Fsp3) is 0.318. The lowest BCUT2D eigenvalue weighted by Gasteiger charge is -2.23. The Labute approximate surface area is 168 Å². The number of amides is 1. The van der Waals surface area contributed by atoms with Crippen molar-refractivity contribution in [3.05, 3.63) is 59.2 Å². The Morgan fingerprint density at radius 3 is 2.17 bits per heavy atom. The molecule has 3 rings (SSSR count). The predicted octanol–water partition coefficient (Wildman–Crippen LogP) is 2.65. The number of benzene rings is 2. The molecule has 2 unspecified atom stereocenters. The minimum Gasteiger partial charge on any atom is -0.444 e. The van der Waals surface area contributed by atoms with Crippen LogP contribution in [0.25, 0.3) is 11.1 Å². The average molecular weight is 397 g/mol. The number of aliphatic hydroxyl groups is 2. The molecule has 0 bridgehead atoms. The van der Waals surface area contributed by atoms with Gasteiger partial charge in [0.1, 0.15) is 17.8 Å². The van der Waals surface area contributed by atoms with Crippen molar-refractivity contribution in [3.63, 3.8) is 0 Å². The maximum atomic E-state index is 12.4. The number of carbonyl (C=O) groups excluding carboxylic acids is 3. The first-order chi connectivity index (χ1) is 13.6. The number of ketones is 2. The van der Waals surface area contributed by atoms with Gasteiger partial charge in [0.25, 0.3) is 0 Å². The van der Waals surface area contributed by atoms with E-state index in [9.17, 15) is 24.6 Å². The Hall–Kier alpha value is -3.03. The van der Waals surface area contributed by atoms with E-state index in [-0.39, 0.29) is 12.1 Å². The number of alkyl carbamates (subject to hydrolysis) is 1. The third-order valence-corrected chi connectivity index (χ3v) is 4.52. The third-order valence-electron chi connectivity index (χ3n) is 4.52. The molecule has 3 N–H and O–H groups in total. The molecular formula is C22H23NO6. The highest BCUT2D eigenvalue weighted by atomic mass is 16.6. The van der Waals surface area contributed by atoms with Crippen molar-refractivity contribution in [1.29, 1.82) is 0 Å². The second-order valence-corrected chi connectivity index (χ2v) is 7.90. The molecule has 1 aliphatic carbocycles. The topological polar surface area (TPSA) is 113 Å². The van der Waals surface area contributed by atoms with Crippen LogP contribution in [-0.4, -0.2) is 46.1 Å². The molecule has 0 aromatic heterocycles. The van der Waals surface area contributed by atoms with E-state index in [1.807, 2.05) is 0 Å². The van der Waals surface area contributed by atoms with Gasteiger partial charge in [-0.05, 0) is 49.6 Å². The molecule has 2 aromatic rings. The first kappa shape index (κ1) is 20.7. The van der Waals surface area contributed by atoms with Gasteiger partial charge in [-0.15, -0.1) is 0 Å². The standard InChI is InChI=1S/C22H23NO6/c1-22(2,3)29-21(28)23-11-17(24)18(25)12-8-9-15-16(10-12)13-6-4-5-7-14(13)19(26)20(15)27/h4-10,17-18,24-25H,11H2,1-3H3,(H,23,28). The molecule has 7 heteroatoms. The molecule has 0 fully saturated rings. The van der Waals surface area contributed by atoms with E-state index >= 15 is 0 Å². The lowest BCUT2D eigenvalue weighted by molar-refractivity contribution is 0.0129. The third kappa shape index (κ3) is 4.36. The van der Waals surface area contributed by atoms with Gasteiger partial charge in [-0.2, -0.15) is 0 Å². The van der Waals surface area contributed by atoms with Crippen molar-refractivity contribution >= 4 is 17.7 Å². The first-order valence-electron chi connectivity index (χ1n) is 9.24. The summed E-state index contributed by atoms with van der Waals surface area (Å²) in [7, 11) is 0. The molecule has 2 atom stereocenters. The molecule has 1 aliphatic rings. The van der Waals surface area contributed by atoms with Crippen LogP contribution >= 0.6 is 0 Å². The molecule has 0 spiro atoms. The van der Waals surface area contributed by atoms with E-state index in [1.165, 1.54) is 12.1 Å². The maximum absolute atomic E-state index is 12.4. The number of carbonyl (C=O) groups is 3. The minimum atomic E-state index is -1.31. The molecule has 7 nitrogen and oxygen atoms in total. The van der Waals surface area contributed by atoms with Crippen molar-refractivity contribution in [2.24, 2.45) is 0 Å². The van der Waals surface area contributed by atoms with E-state index in [0.717, 1.165) is 0 Å². The monoisotopic (exact) mass is 397 g/mol. The Balaban J connectivity index is 1.80. The highest BCUT2D eigenvalue weighted by Crippen LogP contribution is 2.35. The number of nitrogens with one attached hydrogen (secondary N) is 1. The molecule has 152 valence electrons. The van der Waals surface area contributed by atoms with Gasteiger partial charge in [0.15, 0.2) is 0 Å². The van der Waals surface area contributed by atoms with E-state index in [4.69, 9.17) is 4.74 Å². The molecule has 1 amide bonds. The van der Waals surface area contributed by atoms with E-state index in [2.05, 4.69) is 5.32 Å². The van der Waals surface area contributed by atoms with Crippen molar-refractivity contribution in [1.82, 2.24) is 5.32 Å². The van der Waals surface area contributed by atoms with Crippen molar-refractivity contribution in [3.8, 4) is 11.1 Å². The Kier molecular flexibility index (Phi) is 5.55. The van der Waals surface area contributed by atoms with Gasteiger partial charge in [-0.1, -0.05) is 30.3 Å². The van der Waals surface area contributed by atoms with Crippen molar-refractivity contribution < 1.29 is 29.3 Å². The predicted molar refractivity (Wildman–Crippen MR) is 106 cm³/mol. The smallest absolute Gasteiger partial charge is 0.407 e. The Morgan fingerprint density at radius 2 is 1.55 bits per heavy atom. The van der Waals surface area contributed by atoms with Gasteiger partial charge in [0.2, 0.25) is 11.6 Å². The molecule has 0 heterocycles. The summed E-state index contributed by atoms with van der Waals surface area (Å²) >= 11 is 0. The molecule has 0 saturated heterocycles. The molecular weight excluding hydrogens is 374 g/mol. The lowest BCUT2D eigenvalue weighted by Crippen LogP contribution is -2.38. The van der Waals surface area contributed by atoms with Crippen LogP contribution in [0.3, 0.4) is 0 Å². The second kappa shape index (κ2) is 7.77. The highest BCUT2D eigenvalue weighted by molar-refractivity contribution is 6.52. The lowest BCUT2D eigenvalue weighted by atomic mass is 9.82. The normalized spacial score (nSPS) is 15.2. The van der Waals surface area contributed by atoms with Crippen LogP contribution in [0.2, 0.25) is 0 Å². The summed E-state index contributed by atoms with van der Waals surface area (Å²) in [6.07, 6.45) is -3.31. The Morgan fingerprint density at radius 1 is 0.966 bits per heavy atom. The van der Waals surface area contributed by atoms with Gasteiger partial charge in [-0.25, -0.2) is 4.79 Å².